The molecule has 3 rings (SSSR count). The van der Waals surface area contributed by atoms with Gasteiger partial charge in [0, 0.05) is 28.2 Å². The van der Waals surface area contributed by atoms with E-state index >= 15 is 0 Å². The minimum absolute atomic E-state index is 0.00714. The van der Waals surface area contributed by atoms with Crippen LogP contribution in [0.4, 0.5) is 20.0 Å². The van der Waals surface area contributed by atoms with Gasteiger partial charge >= 0.3 is 6.03 Å². The summed E-state index contributed by atoms with van der Waals surface area (Å²) in [6.45, 7) is 3.70. The molecule has 9 heteroatoms. The van der Waals surface area contributed by atoms with Gasteiger partial charge in [0.15, 0.2) is 5.13 Å². The second kappa shape index (κ2) is 9.36. The maximum atomic E-state index is 13.6. The number of rotatable bonds is 6. The molecule has 0 saturated carbocycles. The zero-order valence-electron chi connectivity index (χ0n) is 16.7. The molecule has 3 N–H and O–H groups in total. The van der Waals surface area contributed by atoms with E-state index in [0.29, 0.717) is 33.4 Å². The van der Waals surface area contributed by atoms with E-state index in [-0.39, 0.29) is 18.0 Å². The first-order valence-corrected chi connectivity index (χ1v) is 10.0. The Labute approximate surface area is 177 Å². The van der Waals surface area contributed by atoms with Crippen molar-refractivity contribution < 1.29 is 18.7 Å². The zero-order chi connectivity index (χ0) is 21.7. The highest BCUT2D eigenvalue weighted by Gasteiger charge is 2.14. The van der Waals surface area contributed by atoms with Gasteiger partial charge < -0.3 is 15.4 Å². The van der Waals surface area contributed by atoms with Crippen molar-refractivity contribution in [2.75, 3.05) is 17.7 Å². The average Bonchev–Trinajstić information content (AvgIpc) is 3.15. The SMILES string of the molecule is COc1ccc(F)cc1-c1csc(NC(=O)c2cccc(NC(=O)NC(C)C)c2)n1. The summed E-state index contributed by atoms with van der Waals surface area (Å²) in [6.07, 6.45) is 0. The molecule has 0 aliphatic rings. The number of methoxy groups -OCH3 is 1. The summed E-state index contributed by atoms with van der Waals surface area (Å²) in [5.74, 6) is -0.303. The van der Waals surface area contributed by atoms with Crippen LogP contribution in [0.25, 0.3) is 11.3 Å². The van der Waals surface area contributed by atoms with Gasteiger partial charge in [-0.15, -0.1) is 11.3 Å². The summed E-state index contributed by atoms with van der Waals surface area (Å²) in [7, 11) is 1.49. The van der Waals surface area contributed by atoms with Gasteiger partial charge in [-0.25, -0.2) is 14.2 Å². The number of aromatic nitrogens is 1. The van der Waals surface area contributed by atoms with Crippen LogP contribution in [0.2, 0.25) is 0 Å². The molecule has 2 aromatic carbocycles. The van der Waals surface area contributed by atoms with Crippen molar-refractivity contribution in [1.82, 2.24) is 10.3 Å². The normalized spacial score (nSPS) is 10.6. The van der Waals surface area contributed by atoms with Crippen molar-refractivity contribution in [2.45, 2.75) is 19.9 Å². The number of carbonyl (C=O) groups excluding carboxylic acids is 2. The highest BCUT2D eigenvalue weighted by atomic mass is 32.1. The number of halogens is 1. The maximum absolute atomic E-state index is 13.6. The molecule has 30 heavy (non-hydrogen) atoms. The molecule has 0 unspecified atom stereocenters. The third kappa shape index (κ3) is 5.32. The second-order valence-corrected chi connectivity index (χ2v) is 7.53. The summed E-state index contributed by atoms with van der Waals surface area (Å²) in [5.41, 5.74) is 1.84. The third-order valence-electron chi connectivity index (χ3n) is 3.96. The highest BCUT2D eigenvalue weighted by molar-refractivity contribution is 7.14. The van der Waals surface area contributed by atoms with Crippen LogP contribution in [0.15, 0.2) is 47.8 Å². The lowest BCUT2D eigenvalue weighted by atomic mass is 10.1. The lowest BCUT2D eigenvalue weighted by molar-refractivity contribution is 0.102. The number of nitrogens with zero attached hydrogens (tertiary/aromatic N) is 1. The van der Waals surface area contributed by atoms with E-state index in [0.717, 1.165) is 0 Å². The standard InChI is InChI=1S/C21H21FN4O3S/c1-12(2)23-20(28)24-15-6-4-5-13(9-15)19(27)26-21-25-17(11-30-21)16-10-14(22)7-8-18(16)29-3/h4-12H,1-3H3,(H2,23,24,28)(H,25,26,27). The Morgan fingerprint density at radius 1 is 1.13 bits per heavy atom. The van der Waals surface area contributed by atoms with E-state index in [9.17, 15) is 14.0 Å². The molecule has 0 atom stereocenters. The van der Waals surface area contributed by atoms with Gasteiger partial charge in [0.1, 0.15) is 11.6 Å². The van der Waals surface area contributed by atoms with Crippen molar-refractivity contribution in [3.63, 3.8) is 0 Å². The molecule has 0 saturated heterocycles. The van der Waals surface area contributed by atoms with Crippen LogP contribution in [0.1, 0.15) is 24.2 Å². The molecule has 156 valence electrons. The van der Waals surface area contributed by atoms with E-state index in [1.807, 2.05) is 13.8 Å². The summed E-state index contributed by atoms with van der Waals surface area (Å²) in [6, 6.07) is 10.4. The molecule has 1 heterocycles. The first-order valence-electron chi connectivity index (χ1n) is 9.14. The van der Waals surface area contributed by atoms with Crippen LogP contribution in [-0.2, 0) is 0 Å². The number of hydrogen-bond acceptors (Lipinski definition) is 5. The van der Waals surface area contributed by atoms with Crippen molar-refractivity contribution in [2.24, 2.45) is 0 Å². The molecule has 3 amide bonds. The minimum Gasteiger partial charge on any atom is -0.496 e. The molecule has 0 radical (unpaired) electrons. The molecule has 1 aromatic heterocycles. The van der Waals surface area contributed by atoms with E-state index in [1.165, 1.54) is 36.6 Å². The lowest BCUT2D eigenvalue weighted by Gasteiger charge is -2.11. The Morgan fingerprint density at radius 2 is 1.93 bits per heavy atom. The van der Waals surface area contributed by atoms with E-state index in [2.05, 4.69) is 20.9 Å². The predicted molar refractivity (Wildman–Crippen MR) is 116 cm³/mol. The van der Waals surface area contributed by atoms with Crippen LogP contribution in [-0.4, -0.2) is 30.1 Å². The minimum atomic E-state index is -0.407. The monoisotopic (exact) mass is 428 g/mol. The summed E-state index contributed by atoms with van der Waals surface area (Å²) >= 11 is 1.21. The van der Waals surface area contributed by atoms with Gasteiger partial charge in [-0.1, -0.05) is 6.07 Å². The number of anilines is 2. The van der Waals surface area contributed by atoms with Gasteiger partial charge in [-0.3, -0.25) is 10.1 Å². The average molecular weight is 428 g/mol. The van der Waals surface area contributed by atoms with E-state index in [1.54, 1.807) is 29.6 Å². The molecule has 0 aliphatic carbocycles. The maximum Gasteiger partial charge on any atom is 0.319 e. The Balaban J connectivity index is 1.73. The molecule has 0 bridgehead atoms. The van der Waals surface area contributed by atoms with Crippen LogP contribution in [0.3, 0.4) is 0 Å². The van der Waals surface area contributed by atoms with Gasteiger partial charge in [-0.2, -0.15) is 0 Å². The summed E-state index contributed by atoms with van der Waals surface area (Å²) < 4.78 is 18.9. The fraction of sp³-hybridized carbons (Fsp3) is 0.190. The van der Waals surface area contributed by atoms with Crippen LogP contribution in [0.5, 0.6) is 5.75 Å². The number of benzene rings is 2. The lowest BCUT2D eigenvalue weighted by Crippen LogP contribution is -2.34. The molecular formula is C21H21FN4O3S. The molecule has 7 nitrogen and oxygen atoms in total. The number of hydrogen-bond donors (Lipinski definition) is 3. The third-order valence-corrected chi connectivity index (χ3v) is 4.72. The summed E-state index contributed by atoms with van der Waals surface area (Å²) in [4.78, 5) is 28.8. The number of thiazole rings is 1. The van der Waals surface area contributed by atoms with Crippen molar-refractivity contribution in [3.8, 4) is 17.0 Å². The Hall–Kier alpha value is -3.46. The smallest absolute Gasteiger partial charge is 0.319 e. The van der Waals surface area contributed by atoms with Crippen LogP contribution >= 0.6 is 11.3 Å². The number of nitrogens with one attached hydrogen (secondary N) is 3. The molecule has 3 aromatic rings. The topological polar surface area (TPSA) is 92.4 Å². The van der Waals surface area contributed by atoms with Gasteiger partial charge in [-0.05, 0) is 50.2 Å². The second-order valence-electron chi connectivity index (χ2n) is 6.67. The zero-order valence-corrected chi connectivity index (χ0v) is 17.5. The van der Waals surface area contributed by atoms with Gasteiger partial charge in [0.05, 0.1) is 12.8 Å². The molecular weight excluding hydrogens is 407 g/mol. The number of ether oxygens (including phenoxy) is 1. The Morgan fingerprint density at radius 3 is 2.67 bits per heavy atom. The van der Waals surface area contributed by atoms with Crippen LogP contribution in [0, 0.1) is 5.82 Å². The van der Waals surface area contributed by atoms with Crippen molar-refractivity contribution in [1.29, 1.82) is 0 Å². The first kappa shape index (κ1) is 21.3. The fourth-order valence-electron chi connectivity index (χ4n) is 2.67. The number of amides is 3. The number of carbonyl (C=O) groups is 2. The molecule has 0 spiro atoms. The van der Waals surface area contributed by atoms with E-state index in [4.69, 9.17) is 4.74 Å². The van der Waals surface area contributed by atoms with Crippen molar-refractivity contribution in [3.05, 3.63) is 59.2 Å². The van der Waals surface area contributed by atoms with Gasteiger partial charge in [0.25, 0.3) is 5.91 Å². The van der Waals surface area contributed by atoms with Crippen LogP contribution < -0.4 is 20.7 Å². The Bertz CT molecular complexity index is 1070. The number of urea groups is 1. The quantitative estimate of drug-likeness (QED) is 0.529. The molecule has 0 fully saturated rings. The first-order chi connectivity index (χ1) is 14.4. The summed E-state index contributed by atoms with van der Waals surface area (Å²) in [5, 5.41) is 10.2. The Kier molecular flexibility index (Phi) is 6.63. The van der Waals surface area contributed by atoms with Gasteiger partial charge in [0.2, 0.25) is 0 Å². The fourth-order valence-corrected chi connectivity index (χ4v) is 3.38. The molecule has 0 aliphatic heterocycles. The van der Waals surface area contributed by atoms with E-state index < -0.39 is 5.82 Å². The van der Waals surface area contributed by atoms with Crippen molar-refractivity contribution >= 4 is 34.1 Å². The highest BCUT2D eigenvalue weighted by Crippen LogP contribution is 2.33. The predicted octanol–water partition coefficient (Wildman–Crippen LogP) is 4.74. The largest absolute Gasteiger partial charge is 0.496 e.